The lowest BCUT2D eigenvalue weighted by molar-refractivity contribution is 0.0321. The Labute approximate surface area is 89.4 Å². The highest BCUT2D eigenvalue weighted by Crippen LogP contribution is 2.14. The SMILES string of the molecule is CC(C)(C)OC(=O)N1C=CC=CC1C#N. The molecule has 0 spiro atoms. The predicted octanol–water partition coefficient (Wildman–Crippen LogP) is 2.20. The Morgan fingerprint density at radius 3 is 2.67 bits per heavy atom. The largest absolute Gasteiger partial charge is 0.443 e. The fourth-order valence-electron chi connectivity index (χ4n) is 1.09. The van der Waals surface area contributed by atoms with Gasteiger partial charge in [-0.15, -0.1) is 0 Å². The van der Waals surface area contributed by atoms with E-state index in [9.17, 15) is 4.79 Å². The molecule has 0 aliphatic carbocycles. The van der Waals surface area contributed by atoms with Crippen LogP contribution < -0.4 is 0 Å². The number of nitrogens with zero attached hydrogens (tertiary/aromatic N) is 2. The summed E-state index contributed by atoms with van der Waals surface area (Å²) in [6.45, 7) is 5.36. The molecular weight excluding hydrogens is 192 g/mol. The van der Waals surface area contributed by atoms with Crippen LogP contribution in [0.5, 0.6) is 0 Å². The lowest BCUT2D eigenvalue weighted by Crippen LogP contribution is -2.39. The number of ether oxygens (including phenoxy) is 1. The van der Waals surface area contributed by atoms with Crippen LogP contribution in [0, 0.1) is 11.3 Å². The Bertz CT molecular complexity index is 345. The molecule has 0 N–H and O–H groups in total. The smallest absolute Gasteiger partial charge is 0.415 e. The number of allylic oxidation sites excluding steroid dienone is 2. The zero-order chi connectivity index (χ0) is 11.5. The monoisotopic (exact) mass is 206 g/mol. The molecule has 80 valence electrons. The van der Waals surface area contributed by atoms with Crippen LogP contribution in [0.25, 0.3) is 0 Å². The molecule has 1 rings (SSSR count). The molecule has 0 fully saturated rings. The predicted molar refractivity (Wildman–Crippen MR) is 55.8 cm³/mol. The van der Waals surface area contributed by atoms with Gasteiger partial charge in [0.05, 0.1) is 6.07 Å². The minimum Gasteiger partial charge on any atom is -0.443 e. The van der Waals surface area contributed by atoms with Gasteiger partial charge in [0.15, 0.2) is 0 Å². The lowest BCUT2D eigenvalue weighted by atomic mass is 10.2. The van der Waals surface area contributed by atoms with Crippen LogP contribution in [0.1, 0.15) is 20.8 Å². The van der Waals surface area contributed by atoms with E-state index in [0.29, 0.717) is 0 Å². The minimum atomic E-state index is -0.579. The van der Waals surface area contributed by atoms with E-state index in [1.54, 1.807) is 45.2 Å². The molecule has 0 saturated heterocycles. The Balaban J connectivity index is 2.72. The van der Waals surface area contributed by atoms with Gasteiger partial charge in [-0.2, -0.15) is 5.26 Å². The quantitative estimate of drug-likeness (QED) is 0.610. The third-order valence-corrected chi connectivity index (χ3v) is 1.69. The van der Waals surface area contributed by atoms with E-state index in [0.717, 1.165) is 0 Å². The van der Waals surface area contributed by atoms with Gasteiger partial charge in [0.1, 0.15) is 11.6 Å². The van der Waals surface area contributed by atoms with Gasteiger partial charge in [-0.3, -0.25) is 4.90 Å². The highest BCUT2D eigenvalue weighted by Gasteiger charge is 2.26. The molecule has 0 aromatic heterocycles. The topological polar surface area (TPSA) is 53.3 Å². The number of carbonyl (C=O) groups is 1. The molecule has 1 unspecified atom stereocenters. The Kier molecular flexibility index (Phi) is 3.15. The number of carbonyl (C=O) groups excluding carboxylic acids is 1. The van der Waals surface area contributed by atoms with E-state index in [1.165, 1.54) is 4.90 Å². The van der Waals surface area contributed by atoms with Gasteiger partial charge in [-0.05, 0) is 32.9 Å². The second kappa shape index (κ2) is 4.18. The van der Waals surface area contributed by atoms with Crippen LogP contribution in [-0.4, -0.2) is 22.6 Å². The number of nitriles is 1. The third-order valence-electron chi connectivity index (χ3n) is 1.69. The lowest BCUT2D eigenvalue weighted by Gasteiger charge is -2.27. The Hall–Kier alpha value is -1.76. The van der Waals surface area contributed by atoms with Gasteiger partial charge < -0.3 is 4.74 Å². The van der Waals surface area contributed by atoms with Crippen LogP contribution in [0.3, 0.4) is 0 Å². The molecule has 0 aromatic carbocycles. The number of amides is 1. The maximum Gasteiger partial charge on any atom is 0.415 e. The molecule has 4 nitrogen and oxygen atoms in total. The maximum atomic E-state index is 11.7. The summed E-state index contributed by atoms with van der Waals surface area (Å²) in [6.07, 6.45) is 6.10. The molecule has 1 atom stereocenters. The van der Waals surface area contributed by atoms with Crippen molar-refractivity contribution in [2.75, 3.05) is 0 Å². The average Bonchev–Trinajstić information content (AvgIpc) is 2.15. The zero-order valence-electron chi connectivity index (χ0n) is 9.10. The number of hydrogen-bond acceptors (Lipinski definition) is 3. The summed E-state index contributed by atoms with van der Waals surface area (Å²) in [7, 11) is 0. The van der Waals surface area contributed by atoms with Crippen molar-refractivity contribution in [3.63, 3.8) is 0 Å². The van der Waals surface area contributed by atoms with Crippen molar-refractivity contribution in [2.45, 2.75) is 32.4 Å². The number of hydrogen-bond donors (Lipinski definition) is 0. The van der Waals surface area contributed by atoms with Gasteiger partial charge >= 0.3 is 6.09 Å². The highest BCUT2D eigenvalue weighted by atomic mass is 16.6. The van der Waals surface area contributed by atoms with Gasteiger partial charge in [0.2, 0.25) is 0 Å². The molecule has 1 aliphatic heterocycles. The Morgan fingerprint density at radius 1 is 1.47 bits per heavy atom. The van der Waals surface area contributed by atoms with Crippen molar-refractivity contribution in [3.05, 3.63) is 24.4 Å². The van der Waals surface area contributed by atoms with E-state index in [4.69, 9.17) is 10.00 Å². The fourth-order valence-corrected chi connectivity index (χ4v) is 1.09. The third kappa shape index (κ3) is 3.13. The van der Waals surface area contributed by atoms with Crippen molar-refractivity contribution in [3.8, 4) is 6.07 Å². The summed E-state index contributed by atoms with van der Waals surface area (Å²) in [5.41, 5.74) is -0.550. The van der Waals surface area contributed by atoms with E-state index in [2.05, 4.69) is 0 Å². The summed E-state index contributed by atoms with van der Waals surface area (Å²) in [4.78, 5) is 12.9. The van der Waals surface area contributed by atoms with E-state index < -0.39 is 17.7 Å². The first-order valence-corrected chi connectivity index (χ1v) is 4.70. The normalized spacial score (nSPS) is 19.9. The first kappa shape index (κ1) is 11.3. The average molecular weight is 206 g/mol. The van der Waals surface area contributed by atoms with Crippen molar-refractivity contribution < 1.29 is 9.53 Å². The molecule has 1 aliphatic rings. The summed E-state index contributed by atoms with van der Waals surface area (Å²) < 4.78 is 5.16. The van der Waals surface area contributed by atoms with Crippen molar-refractivity contribution in [1.29, 1.82) is 5.26 Å². The minimum absolute atomic E-state index is 0.505. The van der Waals surface area contributed by atoms with E-state index >= 15 is 0 Å². The molecule has 0 bridgehead atoms. The zero-order valence-corrected chi connectivity index (χ0v) is 9.10. The van der Waals surface area contributed by atoms with E-state index in [1.807, 2.05) is 6.07 Å². The molecule has 0 radical (unpaired) electrons. The summed E-state index contributed by atoms with van der Waals surface area (Å²) in [5.74, 6) is 0. The van der Waals surface area contributed by atoms with Crippen LogP contribution in [-0.2, 0) is 4.74 Å². The van der Waals surface area contributed by atoms with Crippen molar-refractivity contribution in [2.24, 2.45) is 0 Å². The molecule has 0 saturated carbocycles. The molecule has 0 aromatic rings. The second-order valence-corrected chi connectivity index (χ2v) is 4.19. The molecule has 15 heavy (non-hydrogen) atoms. The van der Waals surface area contributed by atoms with Gasteiger partial charge in [-0.1, -0.05) is 6.08 Å². The molecular formula is C11H14N2O2. The summed E-state index contributed by atoms with van der Waals surface area (Å²) in [6, 6.07) is 1.43. The van der Waals surface area contributed by atoms with Gasteiger partial charge in [0, 0.05) is 6.20 Å². The van der Waals surface area contributed by atoms with Gasteiger partial charge in [-0.25, -0.2) is 4.79 Å². The van der Waals surface area contributed by atoms with Crippen LogP contribution in [0.2, 0.25) is 0 Å². The molecule has 1 heterocycles. The van der Waals surface area contributed by atoms with Gasteiger partial charge in [0.25, 0.3) is 0 Å². The molecule has 1 amide bonds. The molecule has 4 heteroatoms. The standard InChI is InChI=1S/C11H14N2O2/c1-11(2,3)15-10(14)13-7-5-4-6-9(13)8-12/h4-7,9H,1-3H3. The Morgan fingerprint density at radius 2 is 2.13 bits per heavy atom. The van der Waals surface area contributed by atoms with E-state index in [-0.39, 0.29) is 0 Å². The number of rotatable bonds is 0. The highest BCUT2D eigenvalue weighted by molar-refractivity contribution is 5.71. The van der Waals surface area contributed by atoms with Crippen LogP contribution in [0.15, 0.2) is 24.4 Å². The van der Waals surface area contributed by atoms with Crippen LogP contribution >= 0.6 is 0 Å². The summed E-state index contributed by atoms with van der Waals surface area (Å²) >= 11 is 0. The first-order valence-electron chi connectivity index (χ1n) is 4.70. The summed E-state index contributed by atoms with van der Waals surface area (Å²) in [5, 5.41) is 8.82. The van der Waals surface area contributed by atoms with Crippen LogP contribution in [0.4, 0.5) is 4.79 Å². The van der Waals surface area contributed by atoms with Crippen molar-refractivity contribution >= 4 is 6.09 Å². The van der Waals surface area contributed by atoms with Crippen molar-refractivity contribution in [1.82, 2.24) is 4.90 Å². The maximum absolute atomic E-state index is 11.7. The fraction of sp³-hybridized carbons (Fsp3) is 0.455. The second-order valence-electron chi connectivity index (χ2n) is 4.19. The first-order chi connectivity index (χ1) is 6.94.